The normalized spacial score (nSPS) is 11.9. The first kappa shape index (κ1) is 23.4. The molecule has 4 rings (SSSR count). The number of rotatable bonds is 6. The largest absolute Gasteiger partial charge is 0.507 e. The molecule has 0 saturated carbocycles. The van der Waals surface area contributed by atoms with Gasteiger partial charge in [0, 0.05) is 17.2 Å². The van der Waals surface area contributed by atoms with Crippen LogP contribution in [-0.4, -0.2) is 37.9 Å². The number of hydrogen-bond donors (Lipinski definition) is 2. The number of aryl methyl sites for hydroxylation is 4. The van der Waals surface area contributed by atoms with E-state index in [0.717, 1.165) is 33.4 Å². The molecule has 1 atom stereocenters. The predicted molar refractivity (Wildman–Crippen MR) is 134 cm³/mol. The van der Waals surface area contributed by atoms with Crippen molar-refractivity contribution in [3.05, 3.63) is 76.9 Å². The molecule has 0 radical (unpaired) electrons. The van der Waals surface area contributed by atoms with Gasteiger partial charge >= 0.3 is 0 Å². The van der Waals surface area contributed by atoms with Crippen LogP contribution in [0.3, 0.4) is 0 Å². The molecule has 1 heterocycles. The summed E-state index contributed by atoms with van der Waals surface area (Å²) in [5.41, 5.74) is 6.76. The Morgan fingerprint density at radius 1 is 0.706 bits per heavy atom. The maximum atomic E-state index is 10.8. The zero-order valence-corrected chi connectivity index (χ0v) is 20.1. The molecule has 0 aliphatic rings. The van der Waals surface area contributed by atoms with Crippen molar-refractivity contribution in [3.8, 4) is 45.7 Å². The summed E-state index contributed by atoms with van der Waals surface area (Å²) in [5, 5.41) is 20.2. The number of phenolic OH excluding ortho intramolecular Hbond substituents is 1. The highest BCUT2D eigenvalue weighted by Crippen LogP contribution is 2.34. The second-order valence-corrected chi connectivity index (χ2v) is 8.78. The molecule has 1 aromatic heterocycles. The lowest BCUT2D eigenvalue weighted by Crippen LogP contribution is -2.12. The van der Waals surface area contributed by atoms with Crippen molar-refractivity contribution < 1.29 is 14.9 Å². The maximum absolute atomic E-state index is 10.8. The Kier molecular flexibility index (Phi) is 6.61. The molecule has 6 nitrogen and oxygen atoms in total. The average Bonchev–Trinajstić information content (AvgIpc) is 2.77. The van der Waals surface area contributed by atoms with Gasteiger partial charge in [0.05, 0.1) is 11.7 Å². The van der Waals surface area contributed by atoms with Gasteiger partial charge in [-0.1, -0.05) is 47.5 Å². The van der Waals surface area contributed by atoms with E-state index in [2.05, 4.69) is 26.0 Å². The maximum Gasteiger partial charge on any atom is 0.167 e. The van der Waals surface area contributed by atoms with Gasteiger partial charge in [-0.3, -0.25) is 0 Å². The van der Waals surface area contributed by atoms with Crippen LogP contribution in [0.15, 0.2) is 54.6 Å². The number of ether oxygens (including phenoxy) is 1. The third-order valence-electron chi connectivity index (χ3n) is 5.58. The van der Waals surface area contributed by atoms with E-state index in [1.807, 2.05) is 38.1 Å². The Balaban J connectivity index is 1.87. The molecule has 2 N–H and O–H groups in total. The molecule has 4 aromatic rings. The summed E-state index contributed by atoms with van der Waals surface area (Å²) in [7, 11) is 0. The third-order valence-corrected chi connectivity index (χ3v) is 5.58. The van der Waals surface area contributed by atoms with Gasteiger partial charge in [0.1, 0.15) is 18.1 Å². The topological polar surface area (TPSA) is 88.4 Å². The molecule has 0 amide bonds. The molecule has 0 fully saturated rings. The fourth-order valence-electron chi connectivity index (χ4n) is 3.87. The summed E-state index contributed by atoms with van der Waals surface area (Å²) < 4.78 is 5.52. The van der Waals surface area contributed by atoms with Crippen molar-refractivity contribution in [2.75, 3.05) is 6.61 Å². The van der Waals surface area contributed by atoms with Gasteiger partial charge in [-0.2, -0.15) is 0 Å². The van der Waals surface area contributed by atoms with Crippen LogP contribution in [0.5, 0.6) is 11.5 Å². The van der Waals surface area contributed by atoms with Crippen molar-refractivity contribution >= 4 is 0 Å². The van der Waals surface area contributed by atoms with Gasteiger partial charge < -0.3 is 14.9 Å². The molecular formula is C28H29N3O3. The van der Waals surface area contributed by atoms with E-state index in [-0.39, 0.29) is 12.4 Å². The van der Waals surface area contributed by atoms with Crippen LogP contribution >= 0.6 is 0 Å². The molecule has 6 heteroatoms. The minimum absolute atomic E-state index is 0.00699. The first-order chi connectivity index (χ1) is 16.2. The third kappa shape index (κ3) is 5.07. The molecule has 0 aliphatic heterocycles. The van der Waals surface area contributed by atoms with Crippen LogP contribution in [0.4, 0.5) is 0 Å². The van der Waals surface area contributed by atoms with E-state index < -0.39 is 6.10 Å². The Labute approximate surface area is 200 Å². The van der Waals surface area contributed by atoms with E-state index in [9.17, 15) is 10.2 Å². The summed E-state index contributed by atoms with van der Waals surface area (Å²) in [6.45, 7) is 9.95. The van der Waals surface area contributed by atoms with Gasteiger partial charge in [-0.15, -0.1) is 0 Å². The van der Waals surface area contributed by atoms with Crippen LogP contribution in [0.1, 0.15) is 29.2 Å². The quantitative estimate of drug-likeness (QED) is 0.395. The summed E-state index contributed by atoms with van der Waals surface area (Å²) >= 11 is 0. The van der Waals surface area contributed by atoms with Crippen molar-refractivity contribution in [3.63, 3.8) is 0 Å². The SMILES string of the molecule is Cc1ccc(-c2nc(-c3ccc(C)cc3C)nc(-c3ccc(OCC(C)O)cc3O)n2)c(C)c1. The van der Waals surface area contributed by atoms with Crippen LogP contribution in [-0.2, 0) is 0 Å². The van der Waals surface area contributed by atoms with Crippen molar-refractivity contribution in [2.24, 2.45) is 0 Å². The number of benzene rings is 3. The molecule has 34 heavy (non-hydrogen) atoms. The second kappa shape index (κ2) is 9.61. The predicted octanol–water partition coefficient (Wildman–Crippen LogP) is 5.57. The minimum atomic E-state index is -0.606. The first-order valence-electron chi connectivity index (χ1n) is 11.3. The van der Waals surface area contributed by atoms with Gasteiger partial charge in [0.25, 0.3) is 0 Å². The van der Waals surface area contributed by atoms with Crippen molar-refractivity contribution in [1.82, 2.24) is 15.0 Å². The zero-order valence-electron chi connectivity index (χ0n) is 20.1. The fraction of sp³-hybridized carbons (Fsp3) is 0.250. The zero-order chi connectivity index (χ0) is 24.4. The van der Waals surface area contributed by atoms with Gasteiger partial charge in [-0.05, 0) is 57.9 Å². The molecule has 0 aliphatic carbocycles. The lowest BCUT2D eigenvalue weighted by Gasteiger charge is -2.13. The van der Waals surface area contributed by atoms with E-state index in [4.69, 9.17) is 19.7 Å². The Morgan fingerprint density at radius 2 is 1.18 bits per heavy atom. The summed E-state index contributed by atoms with van der Waals surface area (Å²) in [6.07, 6.45) is -0.606. The lowest BCUT2D eigenvalue weighted by molar-refractivity contribution is 0.122. The monoisotopic (exact) mass is 455 g/mol. The molecule has 1 unspecified atom stereocenters. The molecule has 0 saturated heterocycles. The highest BCUT2D eigenvalue weighted by atomic mass is 16.5. The lowest BCUT2D eigenvalue weighted by atomic mass is 10.0. The molecule has 174 valence electrons. The van der Waals surface area contributed by atoms with Crippen LogP contribution in [0, 0.1) is 27.7 Å². The van der Waals surface area contributed by atoms with Crippen molar-refractivity contribution in [2.45, 2.75) is 40.7 Å². The Hall–Kier alpha value is -3.77. The first-order valence-corrected chi connectivity index (χ1v) is 11.3. The van der Waals surface area contributed by atoms with Crippen LogP contribution < -0.4 is 4.74 Å². The Morgan fingerprint density at radius 3 is 1.62 bits per heavy atom. The number of aromatic nitrogens is 3. The van der Waals surface area contributed by atoms with E-state index >= 15 is 0 Å². The number of aliphatic hydroxyl groups is 1. The van der Waals surface area contributed by atoms with Gasteiger partial charge in [-0.25, -0.2) is 15.0 Å². The average molecular weight is 456 g/mol. The number of hydrogen-bond acceptors (Lipinski definition) is 6. The fourth-order valence-corrected chi connectivity index (χ4v) is 3.87. The number of aromatic hydroxyl groups is 1. The highest BCUT2D eigenvalue weighted by Gasteiger charge is 2.17. The molecule has 0 spiro atoms. The van der Waals surface area contributed by atoms with E-state index in [0.29, 0.717) is 28.8 Å². The molecular weight excluding hydrogens is 426 g/mol. The van der Waals surface area contributed by atoms with Gasteiger partial charge in [0.15, 0.2) is 17.5 Å². The Bertz CT molecular complexity index is 1280. The summed E-state index contributed by atoms with van der Waals surface area (Å²) in [6, 6.07) is 17.3. The molecule has 0 bridgehead atoms. The van der Waals surface area contributed by atoms with Gasteiger partial charge in [0.2, 0.25) is 0 Å². The summed E-state index contributed by atoms with van der Waals surface area (Å²) in [5.74, 6) is 1.92. The second-order valence-electron chi connectivity index (χ2n) is 8.78. The number of phenols is 1. The standard InChI is InChI=1S/C28H29N3O3/c1-16-6-9-22(18(3)12-16)26-29-27(23-10-7-17(2)13-19(23)4)31-28(30-26)24-11-8-21(14-25(24)33)34-15-20(5)32/h6-14,20,32-33H,15H2,1-5H3. The van der Waals surface area contributed by atoms with E-state index in [1.54, 1.807) is 19.1 Å². The highest BCUT2D eigenvalue weighted by molar-refractivity contribution is 5.72. The number of nitrogens with zero attached hydrogens (tertiary/aromatic N) is 3. The number of aliphatic hydroxyl groups excluding tert-OH is 1. The van der Waals surface area contributed by atoms with Crippen LogP contribution in [0.2, 0.25) is 0 Å². The van der Waals surface area contributed by atoms with Crippen LogP contribution in [0.25, 0.3) is 34.2 Å². The minimum Gasteiger partial charge on any atom is -0.507 e. The molecule has 3 aromatic carbocycles. The summed E-state index contributed by atoms with van der Waals surface area (Å²) in [4.78, 5) is 14.3. The smallest absolute Gasteiger partial charge is 0.167 e. The van der Waals surface area contributed by atoms with Crippen molar-refractivity contribution in [1.29, 1.82) is 0 Å². The van der Waals surface area contributed by atoms with E-state index in [1.165, 1.54) is 6.07 Å².